The molecule has 0 amide bonds. The molecule has 0 aliphatic heterocycles. The molecule has 0 spiro atoms. The molecule has 0 radical (unpaired) electrons. The van der Waals surface area contributed by atoms with Crippen LogP contribution >= 0.6 is 15.9 Å². The highest BCUT2D eigenvalue weighted by Crippen LogP contribution is 2.26. The highest BCUT2D eigenvalue weighted by Gasteiger charge is 2.16. The molecule has 0 saturated heterocycles. The van der Waals surface area contributed by atoms with Crippen LogP contribution in [-0.4, -0.2) is 0 Å². The van der Waals surface area contributed by atoms with Crippen molar-refractivity contribution in [2.45, 2.75) is 19.4 Å². The van der Waals surface area contributed by atoms with Gasteiger partial charge in [-0.25, -0.2) is 4.39 Å². The monoisotopic (exact) mass is 321 g/mol. The molecule has 1 nitrogen and oxygen atoms in total. The van der Waals surface area contributed by atoms with Crippen LogP contribution in [0.4, 0.5) is 4.39 Å². The first-order valence-corrected chi connectivity index (χ1v) is 7.11. The lowest BCUT2D eigenvalue weighted by Crippen LogP contribution is -2.21. The van der Waals surface area contributed by atoms with Gasteiger partial charge in [0.05, 0.1) is 0 Å². The second-order valence-corrected chi connectivity index (χ2v) is 5.71. The average molecular weight is 322 g/mol. The Labute approximate surface area is 121 Å². The summed E-state index contributed by atoms with van der Waals surface area (Å²) in [6.45, 7) is 2.12. The first-order chi connectivity index (χ1) is 9.08. The van der Waals surface area contributed by atoms with Gasteiger partial charge in [-0.1, -0.05) is 59.3 Å². The predicted molar refractivity (Wildman–Crippen MR) is 80.3 cm³/mol. The summed E-state index contributed by atoms with van der Waals surface area (Å²) >= 11 is 3.40. The van der Waals surface area contributed by atoms with Crippen LogP contribution in [0.1, 0.15) is 24.1 Å². The van der Waals surface area contributed by atoms with Gasteiger partial charge in [0.1, 0.15) is 5.82 Å². The first-order valence-electron chi connectivity index (χ1n) is 6.32. The molecule has 0 aromatic heterocycles. The molecule has 0 bridgehead atoms. The first kappa shape index (κ1) is 14.2. The summed E-state index contributed by atoms with van der Waals surface area (Å²) in [4.78, 5) is 0. The lowest BCUT2D eigenvalue weighted by Gasteiger charge is -2.21. The van der Waals surface area contributed by atoms with E-state index in [0.717, 1.165) is 22.0 Å². The Morgan fingerprint density at radius 3 is 2.47 bits per heavy atom. The van der Waals surface area contributed by atoms with Gasteiger partial charge in [-0.15, -0.1) is 0 Å². The lowest BCUT2D eigenvalue weighted by atomic mass is 9.90. The molecule has 0 saturated carbocycles. The van der Waals surface area contributed by atoms with E-state index in [9.17, 15) is 4.39 Å². The minimum Gasteiger partial charge on any atom is -0.324 e. The molecule has 2 aromatic carbocycles. The summed E-state index contributed by atoms with van der Waals surface area (Å²) in [6, 6.07) is 14.8. The lowest BCUT2D eigenvalue weighted by molar-refractivity contribution is 0.467. The van der Waals surface area contributed by atoms with Crippen LogP contribution in [0.2, 0.25) is 0 Å². The van der Waals surface area contributed by atoms with Crippen LogP contribution in [-0.2, 0) is 6.42 Å². The number of halogens is 2. The minimum atomic E-state index is -0.226. The minimum absolute atomic E-state index is 0.0156. The Balaban J connectivity index is 2.10. The Morgan fingerprint density at radius 2 is 1.84 bits per heavy atom. The average Bonchev–Trinajstić information content (AvgIpc) is 2.42. The van der Waals surface area contributed by atoms with Crippen molar-refractivity contribution in [1.29, 1.82) is 0 Å². The maximum absolute atomic E-state index is 13.1. The van der Waals surface area contributed by atoms with E-state index in [4.69, 9.17) is 5.73 Å². The van der Waals surface area contributed by atoms with E-state index >= 15 is 0 Å². The molecule has 2 atom stereocenters. The summed E-state index contributed by atoms with van der Waals surface area (Å²) in [5.74, 6) is 0.0554. The molecule has 0 fully saturated rings. The van der Waals surface area contributed by atoms with Crippen molar-refractivity contribution < 1.29 is 4.39 Å². The maximum Gasteiger partial charge on any atom is 0.124 e. The number of hydrogen-bond acceptors (Lipinski definition) is 1. The van der Waals surface area contributed by atoms with E-state index < -0.39 is 0 Å². The third kappa shape index (κ3) is 3.64. The summed E-state index contributed by atoms with van der Waals surface area (Å²) in [5.41, 5.74) is 8.49. The zero-order valence-electron chi connectivity index (χ0n) is 10.8. The van der Waals surface area contributed by atoms with Gasteiger partial charge in [0.15, 0.2) is 0 Å². The van der Waals surface area contributed by atoms with E-state index in [0.29, 0.717) is 0 Å². The van der Waals surface area contributed by atoms with Crippen LogP contribution in [0.25, 0.3) is 0 Å². The smallest absolute Gasteiger partial charge is 0.124 e. The van der Waals surface area contributed by atoms with Gasteiger partial charge in [0.2, 0.25) is 0 Å². The Kier molecular flexibility index (Phi) is 4.72. The van der Waals surface area contributed by atoms with Crippen molar-refractivity contribution in [3.8, 4) is 0 Å². The maximum atomic E-state index is 13.1. The highest BCUT2D eigenvalue weighted by molar-refractivity contribution is 9.10. The van der Waals surface area contributed by atoms with Gasteiger partial charge >= 0.3 is 0 Å². The fourth-order valence-electron chi connectivity index (χ4n) is 2.16. The molecule has 2 N–H and O–H groups in total. The standard InChI is InChI=1S/C16H17BrFN/c1-11(16(19)12-5-3-2-4-6-12)9-13-7-8-14(18)10-15(13)17/h2-8,10-11,16H,9,19H2,1H3. The molecule has 100 valence electrons. The summed E-state index contributed by atoms with van der Waals surface area (Å²) in [7, 11) is 0. The van der Waals surface area contributed by atoms with Gasteiger partial charge in [-0.2, -0.15) is 0 Å². The van der Waals surface area contributed by atoms with Gasteiger partial charge in [0.25, 0.3) is 0 Å². The number of hydrogen-bond donors (Lipinski definition) is 1. The van der Waals surface area contributed by atoms with Gasteiger partial charge < -0.3 is 5.73 Å². The van der Waals surface area contributed by atoms with Crippen molar-refractivity contribution in [3.63, 3.8) is 0 Å². The van der Waals surface area contributed by atoms with Crippen LogP contribution in [0.3, 0.4) is 0 Å². The molecule has 0 heterocycles. The largest absolute Gasteiger partial charge is 0.324 e. The highest BCUT2D eigenvalue weighted by atomic mass is 79.9. The molecular weight excluding hydrogens is 305 g/mol. The van der Waals surface area contributed by atoms with Crippen LogP contribution < -0.4 is 5.73 Å². The van der Waals surface area contributed by atoms with E-state index in [-0.39, 0.29) is 17.8 Å². The number of rotatable bonds is 4. The van der Waals surface area contributed by atoms with E-state index in [1.165, 1.54) is 12.1 Å². The van der Waals surface area contributed by atoms with Crippen molar-refractivity contribution in [2.24, 2.45) is 11.7 Å². The van der Waals surface area contributed by atoms with Gasteiger partial charge in [0, 0.05) is 10.5 Å². The summed E-state index contributed by atoms with van der Waals surface area (Å²) in [5, 5.41) is 0. The van der Waals surface area contributed by atoms with Crippen molar-refractivity contribution in [1.82, 2.24) is 0 Å². The second kappa shape index (κ2) is 6.31. The zero-order chi connectivity index (χ0) is 13.8. The molecule has 19 heavy (non-hydrogen) atoms. The van der Waals surface area contributed by atoms with Crippen molar-refractivity contribution in [2.75, 3.05) is 0 Å². The van der Waals surface area contributed by atoms with Crippen molar-refractivity contribution in [3.05, 3.63) is 69.9 Å². The summed E-state index contributed by atoms with van der Waals surface area (Å²) < 4.78 is 13.9. The second-order valence-electron chi connectivity index (χ2n) is 4.85. The number of nitrogens with two attached hydrogens (primary N) is 1. The molecule has 2 rings (SSSR count). The third-order valence-corrected chi connectivity index (χ3v) is 4.09. The van der Waals surface area contributed by atoms with Gasteiger partial charge in [-0.3, -0.25) is 0 Å². The van der Waals surface area contributed by atoms with E-state index in [2.05, 4.69) is 22.9 Å². The van der Waals surface area contributed by atoms with Gasteiger partial charge in [-0.05, 0) is 35.6 Å². The van der Waals surface area contributed by atoms with Crippen molar-refractivity contribution >= 4 is 15.9 Å². The van der Waals surface area contributed by atoms with Crippen LogP contribution in [0, 0.1) is 11.7 Å². The SMILES string of the molecule is CC(Cc1ccc(F)cc1Br)C(N)c1ccccc1. The Morgan fingerprint density at radius 1 is 1.16 bits per heavy atom. The third-order valence-electron chi connectivity index (χ3n) is 3.35. The van der Waals surface area contributed by atoms with Crippen LogP contribution in [0.15, 0.2) is 53.0 Å². The van der Waals surface area contributed by atoms with E-state index in [1.807, 2.05) is 36.4 Å². The normalized spacial score (nSPS) is 14.1. The molecule has 0 aliphatic carbocycles. The Hall–Kier alpha value is -1.19. The topological polar surface area (TPSA) is 26.0 Å². The quantitative estimate of drug-likeness (QED) is 0.883. The van der Waals surface area contributed by atoms with Crippen LogP contribution in [0.5, 0.6) is 0 Å². The predicted octanol–water partition coefficient (Wildman–Crippen LogP) is 4.47. The molecule has 2 aromatic rings. The number of benzene rings is 2. The zero-order valence-corrected chi connectivity index (χ0v) is 12.4. The molecular formula is C16H17BrFN. The molecule has 0 aliphatic rings. The molecule has 3 heteroatoms. The molecule has 2 unspecified atom stereocenters. The van der Waals surface area contributed by atoms with E-state index in [1.54, 1.807) is 0 Å². The fourth-order valence-corrected chi connectivity index (χ4v) is 2.68. The Bertz CT molecular complexity index is 542. The fraction of sp³-hybridized carbons (Fsp3) is 0.250. The summed E-state index contributed by atoms with van der Waals surface area (Å²) in [6.07, 6.45) is 0.816.